The van der Waals surface area contributed by atoms with E-state index in [2.05, 4.69) is 24.5 Å². The summed E-state index contributed by atoms with van der Waals surface area (Å²) in [5.74, 6) is 1.29. The van der Waals surface area contributed by atoms with Crippen LogP contribution in [0.2, 0.25) is 0 Å². The molecule has 0 aromatic rings. The van der Waals surface area contributed by atoms with Gasteiger partial charge in [-0.2, -0.15) is 0 Å². The molecule has 0 bridgehead atoms. The summed E-state index contributed by atoms with van der Waals surface area (Å²) >= 11 is 0. The molecule has 1 aliphatic carbocycles. The minimum Gasteiger partial charge on any atom is -0.444 e. The number of alkyl carbamates (subject to hydrolysis) is 1. The van der Waals surface area contributed by atoms with Crippen molar-refractivity contribution in [3.63, 3.8) is 0 Å². The van der Waals surface area contributed by atoms with Crippen LogP contribution < -0.4 is 10.6 Å². The summed E-state index contributed by atoms with van der Waals surface area (Å²) < 4.78 is 10.6. The highest BCUT2D eigenvalue weighted by Crippen LogP contribution is 2.33. The highest BCUT2D eigenvalue weighted by molar-refractivity contribution is 5.67. The van der Waals surface area contributed by atoms with Gasteiger partial charge in [-0.15, -0.1) is 0 Å². The quantitative estimate of drug-likeness (QED) is 0.687. The van der Waals surface area contributed by atoms with Gasteiger partial charge in [0.2, 0.25) is 0 Å². The van der Waals surface area contributed by atoms with Gasteiger partial charge in [0.15, 0.2) is 0 Å². The van der Waals surface area contributed by atoms with Crippen LogP contribution in [0.15, 0.2) is 0 Å². The predicted octanol–water partition coefficient (Wildman–Crippen LogP) is 2.94. The number of nitrogens with one attached hydrogen (secondary N) is 2. The van der Waals surface area contributed by atoms with Crippen molar-refractivity contribution >= 4 is 6.09 Å². The number of methoxy groups -OCH3 is 1. The highest BCUT2D eigenvalue weighted by Gasteiger charge is 2.32. The molecule has 1 aliphatic rings. The maximum Gasteiger partial charge on any atom is 0.407 e. The second-order valence-electron chi connectivity index (χ2n) is 7.78. The minimum atomic E-state index is -0.461. The molecule has 5 heteroatoms. The molecule has 1 fully saturated rings. The van der Waals surface area contributed by atoms with Crippen molar-refractivity contribution in [3.8, 4) is 0 Å². The smallest absolute Gasteiger partial charge is 0.407 e. The summed E-state index contributed by atoms with van der Waals surface area (Å²) in [7, 11) is 1.74. The Morgan fingerprint density at radius 1 is 1.27 bits per heavy atom. The first-order valence-electron chi connectivity index (χ1n) is 8.43. The Morgan fingerprint density at radius 2 is 1.91 bits per heavy atom. The molecule has 22 heavy (non-hydrogen) atoms. The standard InChI is InChI=1S/C17H34N2O3/c1-12(2)9-14(10-18-16(20)22-17(3,4)5)19-15(11-21-6)13-7-8-13/h12-15,19H,7-11H2,1-6H3,(H,18,20). The van der Waals surface area contributed by atoms with Gasteiger partial charge in [0.25, 0.3) is 0 Å². The highest BCUT2D eigenvalue weighted by atomic mass is 16.6. The average molecular weight is 314 g/mol. The van der Waals surface area contributed by atoms with Crippen molar-refractivity contribution in [2.24, 2.45) is 11.8 Å². The maximum atomic E-state index is 11.8. The molecule has 2 atom stereocenters. The topological polar surface area (TPSA) is 59.6 Å². The van der Waals surface area contributed by atoms with Crippen LogP contribution in [-0.4, -0.2) is 44.0 Å². The fourth-order valence-electron chi connectivity index (χ4n) is 2.60. The summed E-state index contributed by atoms with van der Waals surface area (Å²) in [6.45, 7) is 11.3. The van der Waals surface area contributed by atoms with E-state index in [1.807, 2.05) is 20.8 Å². The lowest BCUT2D eigenvalue weighted by atomic mass is 10.0. The van der Waals surface area contributed by atoms with Gasteiger partial charge < -0.3 is 20.1 Å². The van der Waals surface area contributed by atoms with Gasteiger partial charge in [0, 0.05) is 25.7 Å². The Kier molecular flexibility index (Phi) is 7.63. The molecule has 5 nitrogen and oxygen atoms in total. The predicted molar refractivity (Wildman–Crippen MR) is 89.0 cm³/mol. The number of carbonyl (C=O) groups is 1. The van der Waals surface area contributed by atoms with Crippen molar-refractivity contribution in [1.29, 1.82) is 0 Å². The average Bonchev–Trinajstić information content (AvgIpc) is 3.16. The summed E-state index contributed by atoms with van der Waals surface area (Å²) in [5, 5.41) is 6.56. The molecule has 0 spiro atoms. The van der Waals surface area contributed by atoms with E-state index >= 15 is 0 Å². The first-order valence-corrected chi connectivity index (χ1v) is 8.43. The normalized spacial score (nSPS) is 18.1. The van der Waals surface area contributed by atoms with Gasteiger partial charge in [0.05, 0.1) is 6.61 Å². The Hall–Kier alpha value is -0.810. The Morgan fingerprint density at radius 3 is 2.36 bits per heavy atom. The fourth-order valence-corrected chi connectivity index (χ4v) is 2.60. The van der Waals surface area contributed by atoms with E-state index < -0.39 is 5.60 Å². The van der Waals surface area contributed by atoms with E-state index in [0.717, 1.165) is 18.9 Å². The molecule has 0 aromatic heterocycles. The third kappa shape index (κ3) is 8.59. The number of hydrogen-bond acceptors (Lipinski definition) is 4. The molecule has 0 aromatic carbocycles. The zero-order valence-electron chi connectivity index (χ0n) is 15.1. The van der Waals surface area contributed by atoms with E-state index in [-0.39, 0.29) is 12.1 Å². The zero-order valence-corrected chi connectivity index (χ0v) is 15.1. The van der Waals surface area contributed by atoms with Gasteiger partial charge >= 0.3 is 6.09 Å². The maximum absolute atomic E-state index is 11.8. The third-order valence-electron chi connectivity index (χ3n) is 3.63. The molecule has 2 N–H and O–H groups in total. The van der Waals surface area contributed by atoms with E-state index in [0.29, 0.717) is 18.5 Å². The van der Waals surface area contributed by atoms with Crippen LogP contribution in [0.1, 0.15) is 53.9 Å². The zero-order chi connectivity index (χ0) is 16.8. The number of ether oxygens (including phenoxy) is 2. The van der Waals surface area contributed by atoms with Gasteiger partial charge in [0.1, 0.15) is 5.60 Å². The van der Waals surface area contributed by atoms with Crippen LogP contribution in [0.3, 0.4) is 0 Å². The second kappa shape index (κ2) is 8.73. The largest absolute Gasteiger partial charge is 0.444 e. The first kappa shape index (κ1) is 19.2. The fraction of sp³-hybridized carbons (Fsp3) is 0.941. The van der Waals surface area contributed by atoms with E-state index in [1.165, 1.54) is 12.8 Å². The number of amides is 1. The molecule has 0 heterocycles. The lowest BCUT2D eigenvalue weighted by molar-refractivity contribution is 0.0518. The monoisotopic (exact) mass is 314 g/mol. The van der Waals surface area contributed by atoms with Crippen LogP contribution in [0.25, 0.3) is 0 Å². The van der Waals surface area contributed by atoms with Crippen molar-refractivity contribution in [1.82, 2.24) is 10.6 Å². The molecule has 1 amide bonds. The Bertz CT molecular complexity index is 335. The van der Waals surface area contributed by atoms with Gasteiger partial charge in [-0.25, -0.2) is 4.79 Å². The summed E-state index contributed by atoms with van der Waals surface area (Å²) in [4.78, 5) is 11.8. The van der Waals surface area contributed by atoms with Gasteiger partial charge in [-0.1, -0.05) is 13.8 Å². The number of rotatable bonds is 9. The molecule has 1 saturated carbocycles. The summed E-state index contributed by atoms with van der Waals surface area (Å²) in [5.41, 5.74) is -0.461. The molecule has 0 saturated heterocycles. The molecule has 0 radical (unpaired) electrons. The SMILES string of the molecule is COCC(NC(CNC(=O)OC(C)(C)C)CC(C)C)C1CC1. The van der Waals surface area contributed by atoms with Gasteiger partial charge in [-0.05, 0) is 51.9 Å². The number of carbonyl (C=O) groups excluding carboxylic acids is 1. The van der Waals surface area contributed by atoms with Gasteiger partial charge in [-0.3, -0.25) is 0 Å². The Labute approximate surface area is 135 Å². The minimum absolute atomic E-state index is 0.244. The summed E-state index contributed by atoms with van der Waals surface area (Å²) in [6, 6.07) is 0.627. The summed E-state index contributed by atoms with van der Waals surface area (Å²) in [6.07, 6.45) is 3.21. The lowest BCUT2D eigenvalue weighted by Gasteiger charge is -2.27. The first-order chi connectivity index (χ1) is 10.2. The number of hydrogen-bond donors (Lipinski definition) is 2. The van der Waals surface area contributed by atoms with E-state index in [4.69, 9.17) is 9.47 Å². The van der Waals surface area contributed by atoms with Crippen molar-refractivity contribution in [3.05, 3.63) is 0 Å². The van der Waals surface area contributed by atoms with Crippen LogP contribution in [0, 0.1) is 11.8 Å². The molecule has 0 aliphatic heterocycles. The van der Waals surface area contributed by atoms with Crippen molar-refractivity contribution in [2.45, 2.75) is 71.6 Å². The molecule has 130 valence electrons. The molecule has 2 unspecified atom stereocenters. The molecule has 1 rings (SSSR count). The van der Waals surface area contributed by atoms with E-state index in [9.17, 15) is 4.79 Å². The van der Waals surface area contributed by atoms with E-state index in [1.54, 1.807) is 7.11 Å². The Balaban J connectivity index is 2.47. The second-order valence-corrected chi connectivity index (χ2v) is 7.78. The third-order valence-corrected chi connectivity index (χ3v) is 3.63. The lowest BCUT2D eigenvalue weighted by Crippen LogP contribution is -2.49. The molecular weight excluding hydrogens is 280 g/mol. The van der Waals surface area contributed by atoms with Crippen molar-refractivity contribution < 1.29 is 14.3 Å². The van der Waals surface area contributed by atoms with Crippen LogP contribution in [0.5, 0.6) is 0 Å². The molecular formula is C17H34N2O3. The van der Waals surface area contributed by atoms with Crippen LogP contribution >= 0.6 is 0 Å². The van der Waals surface area contributed by atoms with Crippen LogP contribution in [0.4, 0.5) is 4.79 Å². The van der Waals surface area contributed by atoms with Crippen molar-refractivity contribution in [2.75, 3.05) is 20.3 Å². The van der Waals surface area contributed by atoms with Crippen LogP contribution in [-0.2, 0) is 9.47 Å².